The summed E-state index contributed by atoms with van der Waals surface area (Å²) in [6.07, 6.45) is 0. The van der Waals surface area contributed by atoms with Gasteiger partial charge in [0.1, 0.15) is 17.2 Å². The van der Waals surface area contributed by atoms with E-state index in [0.717, 1.165) is 0 Å². The molecule has 0 spiro atoms. The lowest BCUT2D eigenvalue weighted by Gasteiger charge is -2.10. The Hall–Kier alpha value is -1.23. The smallest absolute Gasteiger partial charge is 0.268 e. The highest BCUT2D eigenvalue weighted by atomic mass is 79.9. The predicted molar refractivity (Wildman–Crippen MR) is 56.5 cm³/mol. The van der Waals surface area contributed by atoms with E-state index in [1.165, 1.54) is 0 Å². The SMILES string of the molecule is O=C(NS(=O)(=O)C(F)(F)F)c1c(F)cc(Br)cc1F. The van der Waals surface area contributed by atoms with Crippen LogP contribution in [0.4, 0.5) is 22.0 Å². The topological polar surface area (TPSA) is 63.2 Å². The standard InChI is InChI=1S/C8H3BrF5NO3S/c9-3-1-4(10)6(5(11)2-3)7(16)15-19(17,18)8(12,13)14/h1-2H,(H,15,16). The molecule has 0 saturated heterocycles. The molecule has 0 fully saturated rings. The van der Waals surface area contributed by atoms with Gasteiger partial charge in [0.15, 0.2) is 0 Å². The molecule has 0 radical (unpaired) electrons. The lowest BCUT2D eigenvalue weighted by atomic mass is 10.2. The maximum absolute atomic E-state index is 13.2. The van der Waals surface area contributed by atoms with Crippen molar-refractivity contribution in [3.8, 4) is 0 Å². The van der Waals surface area contributed by atoms with Crippen LogP contribution in [0.1, 0.15) is 10.4 Å². The van der Waals surface area contributed by atoms with Gasteiger partial charge in [-0.25, -0.2) is 13.5 Å². The minimum absolute atomic E-state index is 0.113. The fraction of sp³-hybridized carbons (Fsp3) is 0.125. The number of sulfonamides is 1. The maximum atomic E-state index is 13.2. The normalized spacial score (nSPS) is 12.3. The van der Waals surface area contributed by atoms with Crippen LogP contribution in [0.15, 0.2) is 16.6 Å². The summed E-state index contributed by atoms with van der Waals surface area (Å²) in [5, 5.41) is 0. The summed E-state index contributed by atoms with van der Waals surface area (Å²) < 4.78 is 84.0. The number of carbonyl (C=O) groups excluding carboxylic acids is 1. The Bertz CT molecular complexity index is 605. The van der Waals surface area contributed by atoms with Gasteiger partial charge in [-0.1, -0.05) is 15.9 Å². The van der Waals surface area contributed by atoms with Gasteiger partial charge in [0.05, 0.1) is 0 Å². The molecule has 1 rings (SSSR count). The molecule has 0 aliphatic heterocycles. The van der Waals surface area contributed by atoms with Gasteiger partial charge in [-0.05, 0) is 12.1 Å². The van der Waals surface area contributed by atoms with E-state index in [0.29, 0.717) is 16.9 Å². The molecule has 1 aromatic rings. The van der Waals surface area contributed by atoms with Crippen molar-refractivity contribution in [3.63, 3.8) is 0 Å². The molecule has 0 aliphatic carbocycles. The molecule has 0 atom stereocenters. The third-order valence-electron chi connectivity index (χ3n) is 1.77. The van der Waals surface area contributed by atoms with E-state index >= 15 is 0 Å². The average Bonchev–Trinajstić information content (AvgIpc) is 2.12. The number of amides is 1. The summed E-state index contributed by atoms with van der Waals surface area (Å²) in [6.45, 7) is 0. The highest BCUT2D eigenvalue weighted by Gasteiger charge is 2.47. The van der Waals surface area contributed by atoms with Gasteiger partial charge in [-0.15, -0.1) is 0 Å². The number of hydrogen-bond donors (Lipinski definition) is 1. The molecule has 1 amide bonds. The number of benzene rings is 1. The zero-order valence-corrected chi connectivity index (χ0v) is 11.0. The Labute approximate surface area is 111 Å². The van der Waals surface area contributed by atoms with Gasteiger partial charge in [-0.2, -0.15) is 21.6 Å². The van der Waals surface area contributed by atoms with E-state index in [2.05, 4.69) is 15.9 Å². The Balaban J connectivity index is 3.18. The van der Waals surface area contributed by atoms with Crippen molar-refractivity contribution in [2.75, 3.05) is 0 Å². The molecule has 1 N–H and O–H groups in total. The molecule has 11 heteroatoms. The Morgan fingerprint density at radius 1 is 1.16 bits per heavy atom. The van der Waals surface area contributed by atoms with Crippen molar-refractivity contribution >= 4 is 31.9 Å². The molecule has 19 heavy (non-hydrogen) atoms. The lowest BCUT2D eigenvalue weighted by Crippen LogP contribution is -2.40. The van der Waals surface area contributed by atoms with Crippen LogP contribution in [0.25, 0.3) is 0 Å². The predicted octanol–water partition coefficient (Wildman–Crippen LogP) is 2.31. The van der Waals surface area contributed by atoms with Crippen molar-refractivity contribution in [2.45, 2.75) is 5.51 Å². The van der Waals surface area contributed by atoms with Crippen LogP contribution < -0.4 is 4.72 Å². The highest BCUT2D eigenvalue weighted by molar-refractivity contribution is 9.10. The Kier molecular flexibility index (Phi) is 4.20. The maximum Gasteiger partial charge on any atom is 0.516 e. The Morgan fingerprint density at radius 3 is 1.95 bits per heavy atom. The molecule has 0 aromatic heterocycles. The minimum atomic E-state index is -6.03. The fourth-order valence-corrected chi connectivity index (χ4v) is 1.85. The summed E-state index contributed by atoms with van der Waals surface area (Å²) in [7, 11) is -6.03. The van der Waals surface area contributed by atoms with E-state index in [1.807, 2.05) is 0 Å². The highest BCUT2D eigenvalue weighted by Crippen LogP contribution is 2.23. The van der Waals surface area contributed by atoms with Gasteiger partial charge >= 0.3 is 15.5 Å². The molecule has 0 aliphatic rings. The van der Waals surface area contributed by atoms with Crippen LogP contribution >= 0.6 is 15.9 Å². The van der Waals surface area contributed by atoms with Crippen molar-refractivity contribution < 1.29 is 35.2 Å². The second kappa shape index (κ2) is 5.04. The van der Waals surface area contributed by atoms with Gasteiger partial charge < -0.3 is 0 Å². The molecule has 106 valence electrons. The molecule has 0 heterocycles. The lowest BCUT2D eigenvalue weighted by molar-refractivity contribution is -0.0446. The van der Waals surface area contributed by atoms with Crippen LogP contribution in [0.2, 0.25) is 0 Å². The second-order valence-corrected chi connectivity index (χ2v) is 5.71. The molecule has 0 bridgehead atoms. The van der Waals surface area contributed by atoms with Crippen molar-refractivity contribution in [2.24, 2.45) is 0 Å². The van der Waals surface area contributed by atoms with Crippen molar-refractivity contribution in [3.05, 3.63) is 33.8 Å². The molecule has 0 unspecified atom stereocenters. The van der Waals surface area contributed by atoms with E-state index < -0.39 is 38.6 Å². The van der Waals surface area contributed by atoms with Crippen molar-refractivity contribution in [1.82, 2.24) is 4.72 Å². The van der Waals surface area contributed by atoms with Crippen molar-refractivity contribution in [1.29, 1.82) is 0 Å². The first-order valence-corrected chi connectivity index (χ1v) is 6.51. The zero-order chi connectivity index (χ0) is 15.0. The molecule has 0 saturated carbocycles. The summed E-state index contributed by atoms with van der Waals surface area (Å²) in [6, 6.07) is 1.19. The van der Waals surface area contributed by atoms with Crippen LogP contribution in [0.3, 0.4) is 0 Å². The van der Waals surface area contributed by atoms with Crippen LogP contribution in [0.5, 0.6) is 0 Å². The number of carbonyl (C=O) groups is 1. The number of rotatable bonds is 2. The zero-order valence-electron chi connectivity index (χ0n) is 8.56. The van der Waals surface area contributed by atoms with Crippen LogP contribution in [0, 0.1) is 11.6 Å². The molecular weight excluding hydrogens is 365 g/mol. The quantitative estimate of drug-likeness (QED) is 0.815. The summed E-state index contributed by atoms with van der Waals surface area (Å²) in [5.41, 5.74) is -7.21. The molecule has 1 aromatic carbocycles. The first-order valence-electron chi connectivity index (χ1n) is 4.23. The van der Waals surface area contributed by atoms with Gasteiger partial charge in [0, 0.05) is 4.47 Å². The second-order valence-electron chi connectivity index (χ2n) is 3.12. The third kappa shape index (κ3) is 3.41. The van der Waals surface area contributed by atoms with Crippen LogP contribution in [-0.2, 0) is 10.0 Å². The Morgan fingerprint density at radius 2 is 1.58 bits per heavy atom. The summed E-state index contributed by atoms with van der Waals surface area (Å²) in [4.78, 5) is 11.2. The number of alkyl halides is 3. The first kappa shape index (κ1) is 15.8. The van der Waals surface area contributed by atoms with Gasteiger partial charge in [0.2, 0.25) is 0 Å². The van der Waals surface area contributed by atoms with E-state index in [-0.39, 0.29) is 4.47 Å². The molecular formula is C8H3BrF5NO3S. The number of nitrogens with one attached hydrogen (secondary N) is 1. The largest absolute Gasteiger partial charge is 0.516 e. The summed E-state index contributed by atoms with van der Waals surface area (Å²) in [5.74, 6) is -5.08. The van der Waals surface area contributed by atoms with E-state index in [1.54, 1.807) is 0 Å². The fourth-order valence-electron chi connectivity index (χ4n) is 0.990. The van der Waals surface area contributed by atoms with E-state index in [9.17, 15) is 35.2 Å². The number of halogens is 6. The minimum Gasteiger partial charge on any atom is -0.268 e. The first-order chi connectivity index (χ1) is 8.45. The monoisotopic (exact) mass is 367 g/mol. The average molecular weight is 368 g/mol. The summed E-state index contributed by atoms with van der Waals surface area (Å²) >= 11 is 2.68. The van der Waals surface area contributed by atoms with Crippen LogP contribution in [-0.4, -0.2) is 19.8 Å². The van der Waals surface area contributed by atoms with E-state index in [4.69, 9.17) is 0 Å². The van der Waals surface area contributed by atoms with Gasteiger partial charge in [-0.3, -0.25) is 4.79 Å². The number of hydrogen-bond acceptors (Lipinski definition) is 3. The molecule has 4 nitrogen and oxygen atoms in total. The third-order valence-corrected chi connectivity index (χ3v) is 3.29. The van der Waals surface area contributed by atoms with Gasteiger partial charge in [0.25, 0.3) is 5.91 Å².